The molecule has 2 unspecified atom stereocenters. The zero-order chi connectivity index (χ0) is 10.4. The van der Waals surface area contributed by atoms with Gasteiger partial charge in [0.05, 0.1) is 5.56 Å². The van der Waals surface area contributed by atoms with Crippen LogP contribution in [0, 0.1) is 11.8 Å². The van der Waals surface area contributed by atoms with E-state index in [4.69, 9.17) is 0 Å². The SMILES string of the molecule is O=Cc1c(Br)cccc1N1CC2CC2C1. The predicted molar refractivity (Wildman–Crippen MR) is 63.3 cm³/mol. The topological polar surface area (TPSA) is 20.3 Å². The number of hydrogen-bond acceptors (Lipinski definition) is 2. The van der Waals surface area contributed by atoms with Crippen LogP contribution in [0.2, 0.25) is 0 Å². The molecule has 2 atom stereocenters. The van der Waals surface area contributed by atoms with E-state index in [2.05, 4.69) is 20.8 Å². The number of piperidine rings is 1. The van der Waals surface area contributed by atoms with Gasteiger partial charge >= 0.3 is 0 Å². The van der Waals surface area contributed by atoms with Gasteiger partial charge in [-0.3, -0.25) is 4.79 Å². The Hall–Kier alpha value is -0.830. The second-order valence-corrected chi connectivity index (χ2v) is 5.31. The molecule has 0 radical (unpaired) electrons. The fourth-order valence-electron chi connectivity index (χ4n) is 2.51. The van der Waals surface area contributed by atoms with E-state index in [-0.39, 0.29) is 0 Å². The number of halogens is 1. The molecule has 0 spiro atoms. The summed E-state index contributed by atoms with van der Waals surface area (Å²) < 4.78 is 0.899. The normalized spacial score (nSPS) is 27.7. The van der Waals surface area contributed by atoms with Crippen LogP contribution < -0.4 is 4.90 Å². The van der Waals surface area contributed by atoms with E-state index < -0.39 is 0 Å². The number of anilines is 1. The number of fused-ring (bicyclic) bond motifs is 1. The molecule has 1 heterocycles. The Morgan fingerprint density at radius 3 is 2.73 bits per heavy atom. The van der Waals surface area contributed by atoms with E-state index in [1.54, 1.807) is 0 Å². The average Bonchev–Trinajstić information content (AvgIpc) is 2.85. The Morgan fingerprint density at radius 2 is 2.07 bits per heavy atom. The van der Waals surface area contributed by atoms with Crippen LogP contribution in [0.4, 0.5) is 5.69 Å². The maximum atomic E-state index is 11.0. The van der Waals surface area contributed by atoms with Crippen molar-refractivity contribution in [2.24, 2.45) is 11.8 Å². The third kappa shape index (κ3) is 1.49. The number of carbonyl (C=O) groups is 1. The second-order valence-electron chi connectivity index (χ2n) is 4.45. The maximum Gasteiger partial charge on any atom is 0.153 e. The molecule has 2 nitrogen and oxygen atoms in total. The summed E-state index contributed by atoms with van der Waals surface area (Å²) in [5, 5.41) is 0. The van der Waals surface area contributed by atoms with Crippen LogP contribution >= 0.6 is 15.9 Å². The van der Waals surface area contributed by atoms with Crippen molar-refractivity contribution < 1.29 is 4.79 Å². The van der Waals surface area contributed by atoms with Gasteiger partial charge in [-0.15, -0.1) is 0 Å². The summed E-state index contributed by atoms with van der Waals surface area (Å²) in [6.45, 7) is 2.25. The number of hydrogen-bond donors (Lipinski definition) is 0. The standard InChI is InChI=1S/C12H12BrNO/c13-11-2-1-3-12(10(11)7-15)14-5-8-4-9(8)6-14/h1-3,7-9H,4-6H2. The molecule has 1 saturated heterocycles. The molecule has 0 bridgehead atoms. The van der Waals surface area contributed by atoms with Gasteiger partial charge in [-0.25, -0.2) is 0 Å². The molecule has 3 heteroatoms. The number of aldehydes is 1. The second kappa shape index (κ2) is 3.34. The van der Waals surface area contributed by atoms with Gasteiger partial charge in [0.1, 0.15) is 0 Å². The average molecular weight is 266 g/mol. The summed E-state index contributed by atoms with van der Waals surface area (Å²) in [5.41, 5.74) is 1.88. The highest BCUT2D eigenvalue weighted by Gasteiger charge is 2.45. The summed E-state index contributed by atoms with van der Waals surface area (Å²) in [4.78, 5) is 13.4. The van der Waals surface area contributed by atoms with Crippen LogP contribution in [0.3, 0.4) is 0 Å². The minimum atomic E-state index is 0.791. The molecule has 1 aromatic rings. The molecular weight excluding hydrogens is 254 g/mol. The lowest BCUT2D eigenvalue weighted by molar-refractivity contribution is 0.112. The summed E-state index contributed by atoms with van der Waals surface area (Å²) in [7, 11) is 0. The van der Waals surface area contributed by atoms with Gasteiger partial charge in [0, 0.05) is 23.2 Å². The van der Waals surface area contributed by atoms with Gasteiger partial charge in [0.25, 0.3) is 0 Å². The van der Waals surface area contributed by atoms with Gasteiger partial charge in [-0.1, -0.05) is 6.07 Å². The molecule has 1 aliphatic carbocycles. The molecule has 1 aliphatic heterocycles. The third-order valence-electron chi connectivity index (χ3n) is 3.47. The van der Waals surface area contributed by atoms with Crippen molar-refractivity contribution in [1.29, 1.82) is 0 Å². The molecule has 2 aliphatic rings. The molecule has 3 rings (SSSR count). The van der Waals surface area contributed by atoms with Crippen molar-refractivity contribution in [3.63, 3.8) is 0 Å². The van der Waals surface area contributed by atoms with Gasteiger partial charge in [0.15, 0.2) is 6.29 Å². The zero-order valence-corrected chi connectivity index (χ0v) is 9.90. The van der Waals surface area contributed by atoms with E-state index in [9.17, 15) is 4.79 Å². The Balaban J connectivity index is 1.96. The minimum Gasteiger partial charge on any atom is -0.370 e. The summed E-state index contributed by atoms with van der Waals surface area (Å²) in [5.74, 6) is 1.78. The third-order valence-corrected chi connectivity index (χ3v) is 4.16. The summed E-state index contributed by atoms with van der Waals surface area (Å²) in [6.07, 6.45) is 2.34. The Bertz CT molecular complexity index is 408. The first-order valence-electron chi connectivity index (χ1n) is 5.28. The lowest BCUT2D eigenvalue weighted by Crippen LogP contribution is -2.23. The van der Waals surface area contributed by atoms with Crippen LogP contribution in [0.1, 0.15) is 16.8 Å². The fourth-order valence-corrected chi connectivity index (χ4v) is 2.96. The Kier molecular flexibility index (Phi) is 2.09. The van der Waals surface area contributed by atoms with Crippen LogP contribution in [-0.2, 0) is 0 Å². The van der Waals surface area contributed by atoms with Crippen molar-refractivity contribution in [2.45, 2.75) is 6.42 Å². The van der Waals surface area contributed by atoms with Gasteiger partial charge in [-0.2, -0.15) is 0 Å². The van der Waals surface area contributed by atoms with E-state index in [0.29, 0.717) is 0 Å². The van der Waals surface area contributed by atoms with E-state index in [0.717, 1.165) is 46.9 Å². The smallest absolute Gasteiger partial charge is 0.153 e. The van der Waals surface area contributed by atoms with Crippen LogP contribution in [0.15, 0.2) is 22.7 Å². The van der Waals surface area contributed by atoms with Crippen LogP contribution in [0.5, 0.6) is 0 Å². The van der Waals surface area contributed by atoms with Gasteiger partial charge in [-0.05, 0) is 46.3 Å². The van der Waals surface area contributed by atoms with Crippen molar-refractivity contribution in [1.82, 2.24) is 0 Å². The monoisotopic (exact) mass is 265 g/mol. The summed E-state index contributed by atoms with van der Waals surface area (Å²) in [6, 6.07) is 5.96. The van der Waals surface area contributed by atoms with Gasteiger partial charge in [0.2, 0.25) is 0 Å². The molecule has 78 valence electrons. The van der Waals surface area contributed by atoms with Crippen LogP contribution in [0.25, 0.3) is 0 Å². The van der Waals surface area contributed by atoms with Crippen molar-refractivity contribution in [3.05, 3.63) is 28.2 Å². The Labute approximate surface area is 97.4 Å². The van der Waals surface area contributed by atoms with Crippen molar-refractivity contribution in [3.8, 4) is 0 Å². The molecule has 1 aromatic carbocycles. The first-order chi connectivity index (χ1) is 7.29. The highest BCUT2D eigenvalue weighted by Crippen LogP contribution is 2.47. The first kappa shape index (κ1) is 9.40. The predicted octanol–water partition coefficient (Wildman–Crippen LogP) is 2.72. The number of rotatable bonds is 2. The molecule has 0 aromatic heterocycles. The summed E-state index contributed by atoms with van der Waals surface area (Å²) >= 11 is 3.42. The van der Waals surface area contributed by atoms with E-state index in [1.807, 2.05) is 18.2 Å². The molecule has 1 saturated carbocycles. The quantitative estimate of drug-likeness (QED) is 0.767. The van der Waals surface area contributed by atoms with Crippen LogP contribution in [-0.4, -0.2) is 19.4 Å². The van der Waals surface area contributed by atoms with E-state index >= 15 is 0 Å². The Morgan fingerprint density at radius 1 is 1.33 bits per heavy atom. The van der Waals surface area contributed by atoms with Crippen molar-refractivity contribution >= 4 is 27.9 Å². The van der Waals surface area contributed by atoms with E-state index in [1.165, 1.54) is 6.42 Å². The lowest BCUT2D eigenvalue weighted by atomic mass is 10.1. The largest absolute Gasteiger partial charge is 0.370 e. The zero-order valence-electron chi connectivity index (χ0n) is 8.32. The molecule has 0 amide bonds. The number of benzene rings is 1. The number of nitrogens with zero attached hydrogens (tertiary/aromatic N) is 1. The van der Waals surface area contributed by atoms with Gasteiger partial charge < -0.3 is 4.90 Å². The molecule has 2 fully saturated rings. The van der Waals surface area contributed by atoms with Crippen molar-refractivity contribution in [2.75, 3.05) is 18.0 Å². The molecule has 0 N–H and O–H groups in total. The minimum absolute atomic E-state index is 0.791. The molecular formula is C12H12BrNO. The highest BCUT2D eigenvalue weighted by atomic mass is 79.9. The molecule has 15 heavy (non-hydrogen) atoms. The maximum absolute atomic E-state index is 11.0. The lowest BCUT2D eigenvalue weighted by Gasteiger charge is -2.22. The highest BCUT2D eigenvalue weighted by molar-refractivity contribution is 9.10. The first-order valence-corrected chi connectivity index (χ1v) is 6.07. The fraction of sp³-hybridized carbons (Fsp3) is 0.417. The number of carbonyl (C=O) groups excluding carboxylic acids is 1.